The summed E-state index contributed by atoms with van der Waals surface area (Å²) in [5.41, 5.74) is 7.88. The summed E-state index contributed by atoms with van der Waals surface area (Å²) in [5.74, 6) is 1.01. The van der Waals surface area contributed by atoms with E-state index in [0.29, 0.717) is 13.1 Å². The van der Waals surface area contributed by atoms with Crippen LogP contribution in [0, 0.1) is 0 Å². The SMILES string of the molecule is CC(C)c1cccc(C(C)C)c1C(=O)NCC=C1C=CCC(=CCNC(=O)c2c(C(C)C)cccc2C(C)C)N1.[Br-].[Br-].[Zr+2]. The van der Waals surface area contributed by atoms with Crippen molar-refractivity contribution >= 4 is 11.8 Å². The molecule has 43 heavy (non-hydrogen) atoms. The minimum Gasteiger partial charge on any atom is -1.00 e. The quantitative estimate of drug-likeness (QED) is 0.344. The summed E-state index contributed by atoms with van der Waals surface area (Å²) < 4.78 is 0. The molecule has 232 valence electrons. The van der Waals surface area contributed by atoms with Gasteiger partial charge in [0.2, 0.25) is 0 Å². The molecule has 0 saturated heterocycles. The summed E-state index contributed by atoms with van der Waals surface area (Å²) in [7, 11) is 0. The molecule has 0 unspecified atom stereocenters. The Morgan fingerprint density at radius 3 is 1.44 bits per heavy atom. The Balaban J connectivity index is 0.00000588. The van der Waals surface area contributed by atoms with Gasteiger partial charge in [0.05, 0.1) is 0 Å². The fourth-order valence-electron chi connectivity index (χ4n) is 5.17. The first kappa shape index (κ1) is 41.2. The largest absolute Gasteiger partial charge is 2.00 e. The summed E-state index contributed by atoms with van der Waals surface area (Å²) >= 11 is 0. The van der Waals surface area contributed by atoms with E-state index in [9.17, 15) is 9.59 Å². The van der Waals surface area contributed by atoms with E-state index in [4.69, 9.17) is 0 Å². The van der Waals surface area contributed by atoms with Crippen molar-refractivity contribution in [1.29, 1.82) is 0 Å². The number of nitrogens with one attached hydrogen (secondary N) is 3. The molecule has 0 aromatic heterocycles. The zero-order chi connectivity index (χ0) is 29.4. The Morgan fingerprint density at radius 2 is 1.07 bits per heavy atom. The molecule has 8 heteroatoms. The molecule has 0 aliphatic carbocycles. The zero-order valence-electron chi connectivity index (χ0n) is 26.8. The third-order valence-corrected chi connectivity index (χ3v) is 7.34. The fourth-order valence-corrected chi connectivity index (χ4v) is 5.17. The van der Waals surface area contributed by atoms with E-state index in [2.05, 4.69) is 102 Å². The summed E-state index contributed by atoms with van der Waals surface area (Å²) in [6, 6.07) is 12.3. The molecule has 1 aliphatic heterocycles. The molecule has 0 spiro atoms. The Hall–Kier alpha value is -1.76. The van der Waals surface area contributed by atoms with Crippen molar-refractivity contribution in [2.75, 3.05) is 13.1 Å². The molecule has 0 fully saturated rings. The number of hydrogen-bond acceptors (Lipinski definition) is 3. The molecule has 2 aromatic carbocycles. The molecular weight excluding hydrogens is 745 g/mol. The van der Waals surface area contributed by atoms with Gasteiger partial charge in [-0.05, 0) is 64.2 Å². The molecule has 1 aliphatic rings. The van der Waals surface area contributed by atoms with Crippen LogP contribution in [0.5, 0.6) is 0 Å². The zero-order valence-corrected chi connectivity index (χ0v) is 32.4. The Kier molecular flexibility index (Phi) is 18.8. The van der Waals surface area contributed by atoms with Crippen molar-refractivity contribution in [3.8, 4) is 0 Å². The maximum atomic E-state index is 13.2. The van der Waals surface area contributed by atoms with Crippen LogP contribution in [0.2, 0.25) is 0 Å². The number of amides is 2. The van der Waals surface area contributed by atoms with Crippen LogP contribution >= 0.6 is 0 Å². The van der Waals surface area contributed by atoms with Crippen molar-refractivity contribution in [2.45, 2.75) is 85.5 Å². The van der Waals surface area contributed by atoms with E-state index < -0.39 is 0 Å². The number of rotatable bonds is 10. The molecule has 0 radical (unpaired) electrons. The molecule has 5 nitrogen and oxygen atoms in total. The number of hydrogen-bond donors (Lipinski definition) is 3. The van der Waals surface area contributed by atoms with Crippen LogP contribution in [-0.2, 0) is 26.2 Å². The third kappa shape index (κ3) is 11.3. The van der Waals surface area contributed by atoms with Gasteiger partial charge in [-0.15, -0.1) is 0 Å². The van der Waals surface area contributed by atoms with Crippen molar-refractivity contribution in [3.63, 3.8) is 0 Å². The van der Waals surface area contributed by atoms with Gasteiger partial charge in [-0.3, -0.25) is 9.59 Å². The third-order valence-electron chi connectivity index (χ3n) is 7.34. The van der Waals surface area contributed by atoms with Gasteiger partial charge in [-0.1, -0.05) is 97.9 Å². The monoisotopic (exact) mass is 789 g/mol. The van der Waals surface area contributed by atoms with Crippen LogP contribution in [0.4, 0.5) is 0 Å². The summed E-state index contributed by atoms with van der Waals surface area (Å²) in [4.78, 5) is 26.5. The average Bonchev–Trinajstić information content (AvgIpc) is 2.92. The van der Waals surface area contributed by atoms with Gasteiger partial charge in [-0.25, -0.2) is 0 Å². The van der Waals surface area contributed by atoms with Gasteiger partial charge < -0.3 is 49.9 Å². The van der Waals surface area contributed by atoms with Crippen LogP contribution in [0.15, 0.2) is 72.1 Å². The molecule has 3 N–H and O–H groups in total. The normalized spacial score (nSPS) is 14.3. The van der Waals surface area contributed by atoms with E-state index in [0.717, 1.165) is 51.2 Å². The van der Waals surface area contributed by atoms with Gasteiger partial charge in [-0.2, -0.15) is 0 Å². The summed E-state index contributed by atoms with van der Waals surface area (Å²) in [5, 5.41) is 9.62. The number of carbonyl (C=O) groups is 2. The van der Waals surface area contributed by atoms with Crippen LogP contribution in [-0.4, -0.2) is 24.9 Å². The van der Waals surface area contributed by atoms with E-state index in [-0.39, 0.29) is 95.7 Å². The van der Waals surface area contributed by atoms with Crippen molar-refractivity contribution in [1.82, 2.24) is 16.0 Å². The molecular formula is C35H47Br2N3O2Zr. The predicted octanol–water partition coefficient (Wildman–Crippen LogP) is 1.66. The first-order chi connectivity index (χ1) is 19.0. The predicted molar refractivity (Wildman–Crippen MR) is 167 cm³/mol. The maximum absolute atomic E-state index is 13.2. The van der Waals surface area contributed by atoms with Gasteiger partial charge >= 0.3 is 26.2 Å². The van der Waals surface area contributed by atoms with Crippen LogP contribution in [0.3, 0.4) is 0 Å². The van der Waals surface area contributed by atoms with Gasteiger partial charge in [0, 0.05) is 42.0 Å². The summed E-state index contributed by atoms with van der Waals surface area (Å²) in [6.45, 7) is 17.8. The molecule has 2 amide bonds. The minimum absolute atomic E-state index is 0. The van der Waals surface area contributed by atoms with E-state index in [1.54, 1.807) is 0 Å². The number of halogens is 2. The van der Waals surface area contributed by atoms with Crippen molar-refractivity contribution in [2.24, 2.45) is 0 Å². The maximum Gasteiger partial charge on any atom is 2.00 e. The molecule has 1 heterocycles. The second kappa shape index (κ2) is 19.6. The first-order valence-corrected chi connectivity index (χ1v) is 14.7. The van der Waals surface area contributed by atoms with Gasteiger partial charge in [0.1, 0.15) is 0 Å². The second-order valence-corrected chi connectivity index (χ2v) is 11.8. The number of allylic oxidation sites excluding steroid dienone is 2. The van der Waals surface area contributed by atoms with Gasteiger partial charge in [0.25, 0.3) is 11.8 Å². The molecule has 0 atom stereocenters. The van der Waals surface area contributed by atoms with E-state index in [1.807, 2.05) is 30.4 Å². The number of carbonyl (C=O) groups excluding carboxylic acids is 2. The van der Waals surface area contributed by atoms with Crippen molar-refractivity contribution < 1.29 is 69.8 Å². The van der Waals surface area contributed by atoms with Crippen LogP contribution in [0.25, 0.3) is 0 Å². The first-order valence-electron chi connectivity index (χ1n) is 14.7. The summed E-state index contributed by atoms with van der Waals surface area (Å²) in [6.07, 6.45) is 8.89. The van der Waals surface area contributed by atoms with Gasteiger partial charge in [0.15, 0.2) is 0 Å². The Morgan fingerprint density at radius 1 is 0.698 bits per heavy atom. The molecule has 3 rings (SSSR count). The van der Waals surface area contributed by atoms with Crippen LogP contribution < -0.4 is 49.9 Å². The molecule has 0 saturated carbocycles. The average molecular weight is 793 g/mol. The van der Waals surface area contributed by atoms with Crippen molar-refractivity contribution in [3.05, 3.63) is 105 Å². The van der Waals surface area contributed by atoms with Crippen LogP contribution in [0.1, 0.15) is 128 Å². The molecule has 0 bridgehead atoms. The molecule has 2 aromatic rings. The van der Waals surface area contributed by atoms with E-state index in [1.165, 1.54) is 0 Å². The minimum atomic E-state index is -0.0365. The fraction of sp³-hybridized carbons (Fsp3) is 0.429. The van der Waals surface area contributed by atoms with E-state index >= 15 is 0 Å². The Labute approximate surface area is 299 Å². The second-order valence-electron chi connectivity index (χ2n) is 11.8. The standard InChI is InChI=1S/C35H47N3O2.2BrH.Zr/c1-22(2)28-14-10-15-29(23(3)4)32(28)34(39)36-20-18-26-12-9-13-27(38-26)19-21-37-35(40)33-30(24(5)6)16-11-17-31(33)25(7)8;;;/h9-12,14-19,22-25,38H,13,20-21H2,1-8H3,(H,36,39)(H,37,40);2*1H;/q;;;+2/p-2. The topological polar surface area (TPSA) is 70.2 Å². The number of benzene rings is 2. The smallest absolute Gasteiger partial charge is 1.00 e. The Bertz CT molecular complexity index is 1260.